The molecule has 3 rings (SSSR count). The summed E-state index contributed by atoms with van der Waals surface area (Å²) in [5, 5.41) is 5.68. The molecule has 6 nitrogen and oxygen atoms in total. The average Bonchev–Trinajstić information content (AvgIpc) is 3.03. The summed E-state index contributed by atoms with van der Waals surface area (Å²) in [7, 11) is 0. The van der Waals surface area contributed by atoms with Crippen molar-refractivity contribution in [2.24, 2.45) is 0 Å². The van der Waals surface area contributed by atoms with Crippen molar-refractivity contribution in [3.8, 4) is 0 Å². The van der Waals surface area contributed by atoms with E-state index < -0.39 is 0 Å². The number of imidazole rings is 1. The van der Waals surface area contributed by atoms with Crippen LogP contribution in [0.3, 0.4) is 0 Å². The van der Waals surface area contributed by atoms with Crippen molar-refractivity contribution in [1.82, 2.24) is 14.9 Å². The zero-order chi connectivity index (χ0) is 19.1. The number of benzene rings is 2. The van der Waals surface area contributed by atoms with Crippen LogP contribution in [-0.4, -0.2) is 21.4 Å². The topological polar surface area (TPSA) is 76.0 Å². The molecule has 6 heteroatoms. The second-order valence-electron chi connectivity index (χ2n) is 6.39. The molecule has 0 saturated carbocycles. The molecule has 0 radical (unpaired) electrons. The Kier molecular flexibility index (Phi) is 6.20. The molecular formula is C21H24N4O2. The predicted molar refractivity (Wildman–Crippen MR) is 106 cm³/mol. The van der Waals surface area contributed by atoms with E-state index in [1.807, 2.05) is 59.2 Å². The molecule has 0 bridgehead atoms. The number of carbonyl (C=O) groups is 2. The van der Waals surface area contributed by atoms with E-state index in [2.05, 4.69) is 22.5 Å². The van der Waals surface area contributed by atoms with Crippen molar-refractivity contribution in [1.29, 1.82) is 0 Å². The number of para-hydroxylation sites is 2. The lowest BCUT2D eigenvalue weighted by Gasteiger charge is -2.09. The first-order valence-electron chi connectivity index (χ1n) is 9.23. The number of hydrogen-bond donors (Lipinski definition) is 2. The summed E-state index contributed by atoms with van der Waals surface area (Å²) in [5.74, 6) is 0.182. The van der Waals surface area contributed by atoms with Crippen LogP contribution in [0.25, 0.3) is 11.0 Å². The third kappa shape index (κ3) is 4.94. The minimum Gasteiger partial charge on any atom is -0.352 e. The molecule has 0 unspecified atom stereocenters. The summed E-state index contributed by atoms with van der Waals surface area (Å²) in [6.45, 7) is 3.32. The molecule has 0 aliphatic heterocycles. The van der Waals surface area contributed by atoms with Crippen molar-refractivity contribution >= 4 is 28.8 Å². The summed E-state index contributed by atoms with van der Waals surface area (Å²) in [4.78, 5) is 28.8. The first-order valence-corrected chi connectivity index (χ1v) is 9.23. The summed E-state index contributed by atoms with van der Waals surface area (Å²) in [6.07, 6.45) is 1.20. The summed E-state index contributed by atoms with van der Waals surface area (Å²) in [6, 6.07) is 17.5. The molecule has 1 aromatic heterocycles. The number of nitrogens with zero attached hydrogens (tertiary/aromatic N) is 2. The van der Waals surface area contributed by atoms with Gasteiger partial charge >= 0.3 is 0 Å². The number of aromatic nitrogens is 2. The maximum absolute atomic E-state index is 12.3. The quantitative estimate of drug-likeness (QED) is 0.642. The number of anilines is 1. The zero-order valence-electron chi connectivity index (χ0n) is 15.4. The summed E-state index contributed by atoms with van der Waals surface area (Å²) < 4.78 is 2.00. The zero-order valence-corrected chi connectivity index (χ0v) is 15.4. The lowest BCUT2D eigenvalue weighted by atomic mass is 10.2. The van der Waals surface area contributed by atoms with Crippen LogP contribution in [0.5, 0.6) is 0 Å². The fourth-order valence-corrected chi connectivity index (χ4v) is 2.92. The molecular weight excluding hydrogens is 340 g/mol. The van der Waals surface area contributed by atoms with Gasteiger partial charge in [0.25, 0.3) is 0 Å². The van der Waals surface area contributed by atoms with Crippen molar-refractivity contribution < 1.29 is 9.59 Å². The second-order valence-corrected chi connectivity index (χ2v) is 6.39. The van der Waals surface area contributed by atoms with E-state index in [0.717, 1.165) is 29.6 Å². The Bertz CT molecular complexity index is 918. The van der Waals surface area contributed by atoms with Gasteiger partial charge in [0.05, 0.1) is 11.0 Å². The molecule has 140 valence electrons. The van der Waals surface area contributed by atoms with E-state index in [-0.39, 0.29) is 24.7 Å². The maximum Gasteiger partial charge on any atom is 0.227 e. The predicted octanol–water partition coefficient (Wildman–Crippen LogP) is 3.48. The highest BCUT2D eigenvalue weighted by molar-refractivity contribution is 5.93. The van der Waals surface area contributed by atoms with Crippen molar-refractivity contribution in [2.75, 3.05) is 5.32 Å². The van der Waals surface area contributed by atoms with E-state index in [0.29, 0.717) is 12.5 Å². The molecule has 0 fully saturated rings. The molecule has 0 atom stereocenters. The molecule has 0 spiro atoms. The minimum atomic E-state index is -0.211. The Labute approximate surface area is 158 Å². The van der Waals surface area contributed by atoms with Gasteiger partial charge in [-0.15, -0.1) is 0 Å². The van der Waals surface area contributed by atoms with Crippen LogP contribution in [0.1, 0.15) is 31.7 Å². The lowest BCUT2D eigenvalue weighted by molar-refractivity contribution is -0.124. The number of amides is 2. The number of aryl methyl sites for hydroxylation is 1. The Morgan fingerprint density at radius 2 is 1.67 bits per heavy atom. The van der Waals surface area contributed by atoms with Crippen LogP contribution in [0.15, 0.2) is 54.6 Å². The van der Waals surface area contributed by atoms with Crippen LogP contribution in [-0.2, 0) is 22.7 Å². The van der Waals surface area contributed by atoms with Crippen LogP contribution in [0.2, 0.25) is 0 Å². The fraction of sp³-hybridized carbons (Fsp3) is 0.286. The first kappa shape index (κ1) is 18.6. The molecule has 2 aromatic carbocycles. The highest BCUT2D eigenvalue weighted by Gasteiger charge is 2.13. The van der Waals surface area contributed by atoms with Gasteiger partial charge in [0.1, 0.15) is 0 Å². The largest absolute Gasteiger partial charge is 0.352 e. The van der Waals surface area contributed by atoms with E-state index >= 15 is 0 Å². The monoisotopic (exact) mass is 364 g/mol. The minimum absolute atomic E-state index is 0.121. The van der Waals surface area contributed by atoms with E-state index in [4.69, 9.17) is 0 Å². The van der Waals surface area contributed by atoms with Crippen LogP contribution in [0.4, 0.5) is 5.95 Å². The van der Waals surface area contributed by atoms with Gasteiger partial charge in [-0.2, -0.15) is 0 Å². The highest BCUT2D eigenvalue weighted by atomic mass is 16.2. The van der Waals surface area contributed by atoms with Gasteiger partial charge in [0.15, 0.2) is 0 Å². The Morgan fingerprint density at radius 1 is 0.963 bits per heavy atom. The maximum atomic E-state index is 12.3. The second kappa shape index (κ2) is 8.98. The van der Waals surface area contributed by atoms with Crippen LogP contribution in [0, 0.1) is 0 Å². The van der Waals surface area contributed by atoms with Crippen molar-refractivity contribution in [3.63, 3.8) is 0 Å². The Morgan fingerprint density at radius 3 is 2.44 bits per heavy atom. The number of fused-ring (bicyclic) bond motifs is 1. The van der Waals surface area contributed by atoms with Crippen LogP contribution >= 0.6 is 0 Å². The average molecular weight is 364 g/mol. The van der Waals surface area contributed by atoms with Gasteiger partial charge in [-0.1, -0.05) is 49.4 Å². The molecule has 0 aliphatic rings. The van der Waals surface area contributed by atoms with Crippen molar-refractivity contribution in [2.45, 2.75) is 39.3 Å². The molecule has 3 aromatic rings. The van der Waals surface area contributed by atoms with Crippen molar-refractivity contribution in [3.05, 3.63) is 60.2 Å². The number of carbonyl (C=O) groups excluding carboxylic acids is 2. The number of rotatable bonds is 8. The number of hydrogen-bond acceptors (Lipinski definition) is 3. The normalized spacial score (nSPS) is 10.7. The van der Waals surface area contributed by atoms with Gasteiger partial charge < -0.3 is 9.88 Å². The lowest BCUT2D eigenvalue weighted by Crippen LogP contribution is -2.24. The standard InChI is InChI=1S/C21H24N4O2/c1-2-14-25-18-11-7-6-10-17(18)23-21(25)24-20(27)13-12-19(26)22-15-16-8-4-3-5-9-16/h3-11H,2,12-15H2,1H3,(H,22,26)(H,23,24,27). The summed E-state index contributed by atoms with van der Waals surface area (Å²) in [5.41, 5.74) is 2.88. The third-order valence-corrected chi connectivity index (χ3v) is 4.26. The van der Waals surface area contributed by atoms with Gasteiger partial charge in [0, 0.05) is 25.9 Å². The van der Waals surface area contributed by atoms with E-state index in [1.165, 1.54) is 0 Å². The van der Waals surface area contributed by atoms with Gasteiger partial charge in [-0.25, -0.2) is 4.98 Å². The van der Waals surface area contributed by atoms with E-state index in [1.54, 1.807) is 0 Å². The smallest absolute Gasteiger partial charge is 0.227 e. The summed E-state index contributed by atoms with van der Waals surface area (Å²) >= 11 is 0. The molecule has 0 saturated heterocycles. The fourth-order valence-electron chi connectivity index (χ4n) is 2.92. The first-order chi connectivity index (χ1) is 13.2. The van der Waals surface area contributed by atoms with E-state index in [9.17, 15) is 9.59 Å². The van der Waals surface area contributed by atoms with Gasteiger partial charge in [-0.3, -0.25) is 14.9 Å². The molecule has 1 heterocycles. The molecule has 0 aliphatic carbocycles. The van der Waals surface area contributed by atoms with Crippen LogP contribution < -0.4 is 10.6 Å². The SMILES string of the molecule is CCCn1c(NC(=O)CCC(=O)NCc2ccccc2)nc2ccccc21. The Hall–Kier alpha value is -3.15. The highest BCUT2D eigenvalue weighted by Crippen LogP contribution is 2.20. The molecule has 27 heavy (non-hydrogen) atoms. The number of nitrogens with one attached hydrogen (secondary N) is 2. The van der Waals surface area contributed by atoms with Gasteiger partial charge in [0.2, 0.25) is 17.8 Å². The van der Waals surface area contributed by atoms with Gasteiger partial charge in [-0.05, 0) is 24.1 Å². The Balaban J connectivity index is 1.54. The molecule has 2 N–H and O–H groups in total. The third-order valence-electron chi connectivity index (χ3n) is 4.26. The molecule has 2 amide bonds.